The molecule has 0 aliphatic carbocycles. The SMILES string of the molecule is COc1cc(/C=C/C=O)cc(Br)c1O. The zero-order valence-corrected chi connectivity index (χ0v) is 9.11. The highest BCUT2D eigenvalue weighted by Gasteiger charge is 2.06. The van der Waals surface area contributed by atoms with Crippen molar-refractivity contribution in [2.75, 3.05) is 7.11 Å². The van der Waals surface area contributed by atoms with Gasteiger partial charge in [0.05, 0.1) is 11.6 Å². The van der Waals surface area contributed by atoms with E-state index in [-0.39, 0.29) is 5.75 Å². The first-order valence-electron chi connectivity index (χ1n) is 3.87. The van der Waals surface area contributed by atoms with Crippen molar-refractivity contribution in [2.45, 2.75) is 0 Å². The van der Waals surface area contributed by atoms with Crippen LogP contribution in [0, 0.1) is 0 Å². The van der Waals surface area contributed by atoms with E-state index in [0.717, 1.165) is 5.56 Å². The van der Waals surface area contributed by atoms with Gasteiger partial charge in [-0.05, 0) is 39.7 Å². The minimum atomic E-state index is 0.0516. The quantitative estimate of drug-likeness (QED) is 0.668. The molecule has 14 heavy (non-hydrogen) atoms. The van der Waals surface area contributed by atoms with Gasteiger partial charge >= 0.3 is 0 Å². The maximum absolute atomic E-state index is 10.1. The number of carbonyl (C=O) groups is 1. The molecule has 0 amide bonds. The van der Waals surface area contributed by atoms with Crippen LogP contribution in [0.1, 0.15) is 5.56 Å². The molecule has 1 N–H and O–H groups in total. The van der Waals surface area contributed by atoms with Crippen LogP contribution < -0.4 is 4.74 Å². The normalized spacial score (nSPS) is 10.4. The number of methoxy groups -OCH3 is 1. The van der Waals surface area contributed by atoms with Crippen LogP contribution in [0.15, 0.2) is 22.7 Å². The number of carbonyl (C=O) groups excluding carboxylic acids is 1. The van der Waals surface area contributed by atoms with Crippen LogP contribution >= 0.6 is 15.9 Å². The summed E-state index contributed by atoms with van der Waals surface area (Å²) < 4.78 is 5.47. The molecule has 0 heterocycles. The maximum atomic E-state index is 10.1. The van der Waals surface area contributed by atoms with Gasteiger partial charge in [-0.25, -0.2) is 0 Å². The molecule has 0 bridgehead atoms. The third-order valence-corrected chi connectivity index (χ3v) is 2.24. The molecule has 74 valence electrons. The number of hydrogen-bond acceptors (Lipinski definition) is 3. The van der Waals surface area contributed by atoms with Gasteiger partial charge in [0.15, 0.2) is 11.5 Å². The van der Waals surface area contributed by atoms with Crippen LogP contribution in [0.5, 0.6) is 11.5 Å². The van der Waals surface area contributed by atoms with E-state index in [1.807, 2.05) is 0 Å². The van der Waals surface area contributed by atoms with Crippen LogP contribution in [0.4, 0.5) is 0 Å². The lowest BCUT2D eigenvalue weighted by Gasteiger charge is -2.06. The molecule has 0 radical (unpaired) electrons. The van der Waals surface area contributed by atoms with E-state index in [4.69, 9.17) is 4.74 Å². The fourth-order valence-electron chi connectivity index (χ4n) is 0.996. The summed E-state index contributed by atoms with van der Waals surface area (Å²) in [6.45, 7) is 0. The summed E-state index contributed by atoms with van der Waals surface area (Å²) in [5.41, 5.74) is 0.777. The van der Waals surface area contributed by atoms with Gasteiger partial charge in [-0.1, -0.05) is 6.08 Å². The van der Waals surface area contributed by atoms with Crippen LogP contribution in [0.2, 0.25) is 0 Å². The molecule has 0 fully saturated rings. The van der Waals surface area contributed by atoms with Crippen molar-refractivity contribution >= 4 is 28.3 Å². The van der Waals surface area contributed by atoms with E-state index in [0.29, 0.717) is 16.5 Å². The summed E-state index contributed by atoms with van der Waals surface area (Å²) >= 11 is 3.18. The number of allylic oxidation sites excluding steroid dienone is 1. The lowest BCUT2D eigenvalue weighted by Crippen LogP contribution is -1.85. The van der Waals surface area contributed by atoms with E-state index >= 15 is 0 Å². The van der Waals surface area contributed by atoms with Crippen molar-refractivity contribution in [3.05, 3.63) is 28.2 Å². The second kappa shape index (κ2) is 4.81. The first kappa shape index (κ1) is 10.8. The van der Waals surface area contributed by atoms with Gasteiger partial charge < -0.3 is 9.84 Å². The number of aldehydes is 1. The Balaban J connectivity index is 3.15. The molecule has 1 rings (SSSR count). The molecule has 0 aliphatic rings. The number of halogens is 1. The van der Waals surface area contributed by atoms with Crippen LogP contribution in [-0.2, 0) is 4.79 Å². The van der Waals surface area contributed by atoms with Gasteiger partial charge in [0.1, 0.15) is 6.29 Å². The highest BCUT2D eigenvalue weighted by molar-refractivity contribution is 9.10. The number of rotatable bonds is 3. The Bertz CT molecular complexity index is 372. The monoisotopic (exact) mass is 256 g/mol. The molecule has 0 unspecified atom stereocenters. The predicted molar refractivity (Wildman–Crippen MR) is 57.5 cm³/mol. The Kier molecular flexibility index (Phi) is 3.71. The Morgan fingerprint density at radius 1 is 1.50 bits per heavy atom. The highest BCUT2D eigenvalue weighted by atomic mass is 79.9. The number of phenols is 1. The van der Waals surface area contributed by atoms with E-state index in [1.54, 1.807) is 18.2 Å². The van der Waals surface area contributed by atoms with Gasteiger partial charge in [-0.15, -0.1) is 0 Å². The Morgan fingerprint density at radius 3 is 2.79 bits per heavy atom. The lowest BCUT2D eigenvalue weighted by atomic mass is 10.2. The highest BCUT2D eigenvalue weighted by Crippen LogP contribution is 2.35. The Morgan fingerprint density at radius 2 is 2.21 bits per heavy atom. The van der Waals surface area contributed by atoms with Crippen molar-refractivity contribution < 1.29 is 14.6 Å². The lowest BCUT2D eigenvalue weighted by molar-refractivity contribution is -0.104. The Hall–Kier alpha value is -1.29. The van der Waals surface area contributed by atoms with Crippen molar-refractivity contribution in [3.8, 4) is 11.5 Å². The third kappa shape index (κ3) is 2.35. The van der Waals surface area contributed by atoms with Gasteiger partial charge in [0.25, 0.3) is 0 Å². The summed E-state index contributed by atoms with van der Waals surface area (Å²) in [4.78, 5) is 10.1. The zero-order valence-electron chi connectivity index (χ0n) is 7.53. The summed E-state index contributed by atoms with van der Waals surface area (Å²) in [7, 11) is 1.47. The third-order valence-electron chi connectivity index (χ3n) is 1.64. The second-order valence-electron chi connectivity index (χ2n) is 2.55. The molecular weight excluding hydrogens is 248 g/mol. The fraction of sp³-hybridized carbons (Fsp3) is 0.100. The van der Waals surface area contributed by atoms with Gasteiger partial charge in [0.2, 0.25) is 0 Å². The van der Waals surface area contributed by atoms with Crippen LogP contribution in [0.25, 0.3) is 6.08 Å². The standard InChI is InChI=1S/C10H9BrO3/c1-14-9-6-7(3-2-4-12)5-8(11)10(9)13/h2-6,13H,1H3/b3-2+. The maximum Gasteiger partial charge on any atom is 0.172 e. The minimum absolute atomic E-state index is 0.0516. The molecule has 0 spiro atoms. The number of phenolic OH excluding ortho intramolecular Hbond substituents is 1. The van der Waals surface area contributed by atoms with E-state index in [1.165, 1.54) is 13.2 Å². The Labute approximate surface area is 90.1 Å². The smallest absolute Gasteiger partial charge is 0.172 e. The summed E-state index contributed by atoms with van der Waals surface area (Å²) in [5.74, 6) is 0.417. The van der Waals surface area contributed by atoms with Gasteiger partial charge in [-0.2, -0.15) is 0 Å². The van der Waals surface area contributed by atoms with Crippen LogP contribution in [-0.4, -0.2) is 18.5 Å². The number of ether oxygens (including phenoxy) is 1. The molecule has 0 atom stereocenters. The van der Waals surface area contributed by atoms with Gasteiger partial charge in [-0.3, -0.25) is 4.79 Å². The van der Waals surface area contributed by atoms with Gasteiger partial charge in [0, 0.05) is 0 Å². The summed E-state index contributed by atoms with van der Waals surface area (Å²) in [5, 5.41) is 9.48. The minimum Gasteiger partial charge on any atom is -0.503 e. The van der Waals surface area contributed by atoms with Crippen molar-refractivity contribution in [2.24, 2.45) is 0 Å². The second-order valence-corrected chi connectivity index (χ2v) is 3.40. The molecule has 0 aliphatic heterocycles. The number of hydrogen-bond donors (Lipinski definition) is 1. The summed E-state index contributed by atoms with van der Waals surface area (Å²) in [6.07, 6.45) is 3.69. The molecule has 0 saturated heterocycles. The molecule has 4 heteroatoms. The molecular formula is C10H9BrO3. The van der Waals surface area contributed by atoms with Crippen LogP contribution in [0.3, 0.4) is 0 Å². The van der Waals surface area contributed by atoms with E-state index in [2.05, 4.69) is 15.9 Å². The molecule has 0 saturated carbocycles. The largest absolute Gasteiger partial charge is 0.503 e. The fourth-order valence-corrected chi connectivity index (χ4v) is 1.46. The van der Waals surface area contributed by atoms with Crippen molar-refractivity contribution in [1.82, 2.24) is 0 Å². The first-order valence-corrected chi connectivity index (χ1v) is 4.66. The number of aromatic hydroxyl groups is 1. The molecule has 1 aromatic carbocycles. The molecule has 1 aromatic rings. The molecule has 0 aromatic heterocycles. The predicted octanol–water partition coefficient (Wildman–Crippen LogP) is 2.38. The molecule has 3 nitrogen and oxygen atoms in total. The van der Waals surface area contributed by atoms with E-state index in [9.17, 15) is 9.90 Å². The average Bonchev–Trinajstić information content (AvgIpc) is 2.19. The number of benzene rings is 1. The average molecular weight is 257 g/mol. The summed E-state index contributed by atoms with van der Waals surface area (Å²) in [6, 6.07) is 3.33. The zero-order chi connectivity index (χ0) is 10.6. The van der Waals surface area contributed by atoms with Crippen molar-refractivity contribution in [3.63, 3.8) is 0 Å². The topological polar surface area (TPSA) is 46.5 Å². The van der Waals surface area contributed by atoms with Crippen molar-refractivity contribution in [1.29, 1.82) is 0 Å². The van der Waals surface area contributed by atoms with E-state index < -0.39 is 0 Å². The first-order chi connectivity index (χ1) is 6.69.